The molecule has 0 aliphatic rings. The van der Waals surface area contributed by atoms with Crippen LogP contribution in [0, 0.1) is 0 Å². The topological polar surface area (TPSA) is 113 Å². The molecule has 0 fully saturated rings. The van der Waals surface area contributed by atoms with E-state index in [2.05, 4.69) is 15.0 Å². The molecule has 0 spiro atoms. The van der Waals surface area contributed by atoms with Crippen molar-refractivity contribution >= 4 is 23.3 Å². The van der Waals surface area contributed by atoms with Crippen LogP contribution in [-0.2, 0) is 0 Å². The van der Waals surface area contributed by atoms with Crippen molar-refractivity contribution in [3.05, 3.63) is 77.3 Å². The number of thiazole rings is 1. The summed E-state index contributed by atoms with van der Waals surface area (Å²) in [6.45, 7) is 0. The molecule has 0 amide bonds. The number of hydrogen-bond donors (Lipinski definition) is 2. The van der Waals surface area contributed by atoms with E-state index >= 15 is 0 Å². The van der Waals surface area contributed by atoms with Crippen LogP contribution in [0.3, 0.4) is 0 Å². The molecule has 118 valence electrons. The highest BCUT2D eigenvalue weighted by Crippen LogP contribution is 1.91. The number of rotatable bonds is 2. The van der Waals surface area contributed by atoms with Gasteiger partial charge in [-0.3, -0.25) is 4.98 Å². The summed E-state index contributed by atoms with van der Waals surface area (Å²) in [5.41, 5.74) is 1.95. The number of pyridine rings is 2. The van der Waals surface area contributed by atoms with Gasteiger partial charge in [-0.1, -0.05) is 12.1 Å². The zero-order valence-electron chi connectivity index (χ0n) is 11.8. The van der Waals surface area contributed by atoms with E-state index in [0.29, 0.717) is 0 Å². The predicted octanol–water partition coefficient (Wildman–Crippen LogP) is 2.70. The van der Waals surface area contributed by atoms with E-state index in [0.717, 1.165) is 0 Å². The number of aromatic carboxylic acids is 2. The van der Waals surface area contributed by atoms with Gasteiger partial charge < -0.3 is 10.2 Å². The molecule has 0 saturated heterocycles. The molecule has 7 nitrogen and oxygen atoms in total. The second kappa shape index (κ2) is 10.6. The van der Waals surface area contributed by atoms with Gasteiger partial charge in [-0.15, -0.1) is 11.3 Å². The average molecular weight is 331 g/mol. The maximum Gasteiger partial charge on any atom is 0.354 e. The molecule has 0 atom stereocenters. The van der Waals surface area contributed by atoms with Crippen LogP contribution in [0.1, 0.15) is 21.0 Å². The van der Waals surface area contributed by atoms with E-state index < -0.39 is 11.9 Å². The molecular weight excluding hydrogens is 318 g/mol. The molecule has 0 aromatic carbocycles. The van der Waals surface area contributed by atoms with Crippen LogP contribution in [0.25, 0.3) is 0 Å². The van der Waals surface area contributed by atoms with Crippen molar-refractivity contribution in [2.75, 3.05) is 0 Å². The lowest BCUT2D eigenvalue weighted by molar-refractivity contribution is 0.0680. The van der Waals surface area contributed by atoms with Crippen molar-refractivity contribution in [3.63, 3.8) is 0 Å². The molecule has 3 heterocycles. The van der Waals surface area contributed by atoms with Crippen LogP contribution in [0.4, 0.5) is 0 Å². The lowest BCUT2D eigenvalue weighted by Gasteiger charge is -1.87. The van der Waals surface area contributed by atoms with Gasteiger partial charge in [0.1, 0.15) is 11.4 Å². The molecule has 0 aliphatic heterocycles. The zero-order valence-corrected chi connectivity index (χ0v) is 12.6. The number of hydrogen-bond acceptors (Lipinski definition) is 6. The molecule has 0 aliphatic carbocycles. The zero-order chi connectivity index (χ0) is 16.9. The summed E-state index contributed by atoms with van der Waals surface area (Å²) in [6.07, 6.45) is 4.66. The third-order valence-electron chi connectivity index (χ3n) is 2.12. The monoisotopic (exact) mass is 331 g/mol. The molecule has 0 bridgehead atoms. The van der Waals surface area contributed by atoms with Gasteiger partial charge in [-0.2, -0.15) is 0 Å². The fourth-order valence-electron chi connectivity index (χ4n) is 1.15. The molecule has 0 saturated carbocycles. The Bertz CT molecular complexity index is 625. The normalized spacial score (nSPS) is 8.70. The fourth-order valence-corrected chi connectivity index (χ4v) is 1.51. The third kappa shape index (κ3) is 8.02. The second-order valence-corrected chi connectivity index (χ2v) is 4.47. The smallest absolute Gasteiger partial charge is 0.354 e. The Morgan fingerprint density at radius 1 is 0.826 bits per heavy atom. The Balaban J connectivity index is 0.000000180. The van der Waals surface area contributed by atoms with Crippen LogP contribution in [0.2, 0.25) is 0 Å². The van der Waals surface area contributed by atoms with Gasteiger partial charge in [0.25, 0.3) is 0 Å². The van der Waals surface area contributed by atoms with E-state index in [1.165, 1.54) is 24.5 Å². The van der Waals surface area contributed by atoms with Crippen LogP contribution in [0.5, 0.6) is 0 Å². The number of nitrogens with zero attached hydrogens (tertiary/aromatic N) is 3. The predicted molar refractivity (Wildman–Crippen MR) is 84.5 cm³/mol. The first-order chi connectivity index (χ1) is 11.1. The van der Waals surface area contributed by atoms with Crippen molar-refractivity contribution in [2.45, 2.75) is 0 Å². The largest absolute Gasteiger partial charge is 0.477 e. The molecule has 0 radical (unpaired) electrons. The highest BCUT2D eigenvalue weighted by molar-refractivity contribution is 7.07. The summed E-state index contributed by atoms with van der Waals surface area (Å²) in [5, 5.41) is 18.6. The highest BCUT2D eigenvalue weighted by atomic mass is 32.1. The minimum atomic E-state index is -0.990. The lowest BCUT2D eigenvalue weighted by Crippen LogP contribution is -1.97. The van der Waals surface area contributed by atoms with E-state index in [-0.39, 0.29) is 11.4 Å². The van der Waals surface area contributed by atoms with Crippen LogP contribution in [-0.4, -0.2) is 37.1 Å². The highest BCUT2D eigenvalue weighted by Gasteiger charge is 1.99. The van der Waals surface area contributed by atoms with Crippen LogP contribution in [0.15, 0.2) is 65.9 Å². The Morgan fingerprint density at radius 3 is 1.52 bits per heavy atom. The first-order valence-corrected chi connectivity index (χ1v) is 7.16. The SMILES string of the molecule is O=C(O)c1ccccn1.O=C(O)c1ccccn1.c1cscn1. The lowest BCUT2D eigenvalue weighted by atomic mass is 10.4. The van der Waals surface area contributed by atoms with Crippen molar-refractivity contribution < 1.29 is 19.8 Å². The van der Waals surface area contributed by atoms with Crippen molar-refractivity contribution in [3.8, 4) is 0 Å². The standard InChI is InChI=1S/2C6H5NO2.C3H3NS/c2*8-6(9)5-3-1-2-4-7-5;1-2-5-3-4-1/h2*1-4H,(H,8,9);1-3H. The minimum Gasteiger partial charge on any atom is -0.477 e. The second-order valence-electron chi connectivity index (χ2n) is 3.72. The molecule has 23 heavy (non-hydrogen) atoms. The summed E-state index contributed by atoms with van der Waals surface area (Å²) in [6, 6.07) is 9.51. The summed E-state index contributed by atoms with van der Waals surface area (Å²) in [7, 11) is 0. The van der Waals surface area contributed by atoms with Gasteiger partial charge in [0.2, 0.25) is 0 Å². The van der Waals surface area contributed by atoms with Gasteiger partial charge in [-0.25, -0.2) is 19.6 Å². The molecule has 3 aromatic heterocycles. The molecule has 3 rings (SSSR count). The van der Waals surface area contributed by atoms with Gasteiger partial charge in [0, 0.05) is 24.0 Å². The summed E-state index contributed by atoms with van der Waals surface area (Å²) in [5.74, 6) is -1.98. The van der Waals surface area contributed by atoms with E-state index in [1.54, 1.807) is 47.3 Å². The molecule has 3 aromatic rings. The first-order valence-electron chi connectivity index (χ1n) is 6.22. The first kappa shape index (κ1) is 17.9. The third-order valence-corrected chi connectivity index (χ3v) is 2.64. The number of carboxylic acid groups (broad SMARTS) is 2. The summed E-state index contributed by atoms with van der Waals surface area (Å²) < 4.78 is 0. The molecule has 0 unspecified atom stereocenters. The van der Waals surface area contributed by atoms with Crippen molar-refractivity contribution in [1.82, 2.24) is 15.0 Å². The van der Waals surface area contributed by atoms with Gasteiger partial charge in [0.15, 0.2) is 0 Å². The number of carbonyl (C=O) groups is 2. The molecule has 8 heteroatoms. The number of carboxylic acids is 2. The van der Waals surface area contributed by atoms with E-state index in [9.17, 15) is 9.59 Å². The summed E-state index contributed by atoms with van der Waals surface area (Å²) in [4.78, 5) is 31.2. The Labute approximate surface area is 135 Å². The van der Waals surface area contributed by atoms with Crippen molar-refractivity contribution in [2.24, 2.45) is 0 Å². The van der Waals surface area contributed by atoms with E-state index in [1.807, 2.05) is 5.38 Å². The van der Waals surface area contributed by atoms with E-state index in [4.69, 9.17) is 10.2 Å². The Kier molecular flexibility index (Phi) is 8.24. The average Bonchev–Trinajstić information content (AvgIpc) is 3.17. The number of aromatic nitrogens is 3. The van der Waals surface area contributed by atoms with Crippen molar-refractivity contribution in [1.29, 1.82) is 0 Å². The maximum atomic E-state index is 10.1. The van der Waals surface area contributed by atoms with Crippen LogP contribution >= 0.6 is 11.3 Å². The minimum absolute atomic E-state index is 0.0810. The molecular formula is C15H13N3O4S. The summed E-state index contributed by atoms with van der Waals surface area (Å²) >= 11 is 1.60. The fraction of sp³-hybridized carbons (Fsp3) is 0. The quantitative estimate of drug-likeness (QED) is 0.742. The molecule has 2 N–H and O–H groups in total. The maximum absolute atomic E-state index is 10.1. The van der Waals surface area contributed by atoms with Gasteiger partial charge in [0.05, 0.1) is 5.51 Å². The van der Waals surface area contributed by atoms with Crippen LogP contribution < -0.4 is 0 Å². The Hall–Kier alpha value is -3.13. The van der Waals surface area contributed by atoms with Gasteiger partial charge >= 0.3 is 11.9 Å². The van der Waals surface area contributed by atoms with Gasteiger partial charge in [-0.05, 0) is 24.3 Å². The Morgan fingerprint density at radius 2 is 1.35 bits per heavy atom.